The molecular formula is C13H18BrNS. The van der Waals surface area contributed by atoms with E-state index in [0.717, 1.165) is 18.3 Å². The van der Waals surface area contributed by atoms with E-state index in [2.05, 4.69) is 57.3 Å². The molecule has 1 nitrogen and oxygen atoms in total. The first-order chi connectivity index (χ1) is 7.84. The molecular weight excluding hydrogens is 282 g/mol. The standard InChI is InChI=1S/C13H18BrNS/c14-12-5-3-4-11(8-12)9-15-10-13-6-1-2-7-16-13/h3-5,8,13,15H,1-2,6-7,9-10H2. The zero-order valence-electron chi connectivity index (χ0n) is 9.42. The average molecular weight is 300 g/mol. The minimum atomic E-state index is 0.834. The summed E-state index contributed by atoms with van der Waals surface area (Å²) in [6, 6.07) is 8.52. The van der Waals surface area contributed by atoms with Crippen molar-refractivity contribution in [1.29, 1.82) is 0 Å². The Kier molecular flexibility index (Phi) is 5.20. The molecule has 88 valence electrons. The van der Waals surface area contributed by atoms with Gasteiger partial charge in [0.25, 0.3) is 0 Å². The first kappa shape index (κ1) is 12.5. The second-order valence-electron chi connectivity index (χ2n) is 4.25. The Morgan fingerprint density at radius 1 is 1.38 bits per heavy atom. The topological polar surface area (TPSA) is 12.0 Å². The molecule has 0 spiro atoms. The van der Waals surface area contributed by atoms with Crippen LogP contribution in [0.5, 0.6) is 0 Å². The lowest BCUT2D eigenvalue weighted by molar-refractivity contribution is 0.598. The summed E-state index contributed by atoms with van der Waals surface area (Å²) in [5, 5.41) is 4.39. The molecule has 1 aromatic rings. The van der Waals surface area contributed by atoms with Crippen LogP contribution in [-0.2, 0) is 6.54 Å². The van der Waals surface area contributed by atoms with E-state index in [-0.39, 0.29) is 0 Å². The highest BCUT2D eigenvalue weighted by Gasteiger charge is 2.12. The molecule has 1 heterocycles. The second kappa shape index (κ2) is 6.67. The van der Waals surface area contributed by atoms with E-state index in [1.807, 2.05) is 0 Å². The molecule has 0 amide bonds. The molecule has 1 atom stereocenters. The molecule has 3 heteroatoms. The number of nitrogens with one attached hydrogen (secondary N) is 1. The predicted octanol–water partition coefficient (Wildman–Crippen LogP) is 3.82. The highest BCUT2D eigenvalue weighted by atomic mass is 79.9. The van der Waals surface area contributed by atoms with Crippen LogP contribution in [0.25, 0.3) is 0 Å². The van der Waals surface area contributed by atoms with E-state index < -0.39 is 0 Å². The Labute approximate surface area is 111 Å². The third kappa shape index (κ3) is 4.11. The maximum absolute atomic E-state index is 3.56. The molecule has 0 bridgehead atoms. The zero-order valence-corrected chi connectivity index (χ0v) is 11.8. The molecule has 16 heavy (non-hydrogen) atoms. The zero-order chi connectivity index (χ0) is 11.2. The summed E-state index contributed by atoms with van der Waals surface area (Å²) < 4.78 is 1.17. The fourth-order valence-electron chi connectivity index (χ4n) is 1.99. The van der Waals surface area contributed by atoms with Crippen molar-refractivity contribution >= 4 is 27.7 Å². The molecule has 1 aliphatic heterocycles. The van der Waals surface area contributed by atoms with Gasteiger partial charge < -0.3 is 5.32 Å². The Balaban J connectivity index is 1.71. The highest BCUT2D eigenvalue weighted by Crippen LogP contribution is 2.24. The minimum Gasteiger partial charge on any atom is -0.312 e. The first-order valence-electron chi connectivity index (χ1n) is 5.91. The Morgan fingerprint density at radius 3 is 3.06 bits per heavy atom. The highest BCUT2D eigenvalue weighted by molar-refractivity contribution is 9.10. The summed E-state index contributed by atoms with van der Waals surface area (Å²) in [6.07, 6.45) is 4.21. The fraction of sp³-hybridized carbons (Fsp3) is 0.538. The molecule has 0 aliphatic carbocycles. The van der Waals surface area contributed by atoms with Crippen molar-refractivity contribution < 1.29 is 0 Å². The number of hydrogen-bond donors (Lipinski definition) is 1. The van der Waals surface area contributed by atoms with Gasteiger partial charge in [-0.2, -0.15) is 11.8 Å². The summed E-state index contributed by atoms with van der Waals surface area (Å²) in [5.74, 6) is 1.35. The van der Waals surface area contributed by atoms with Crippen LogP contribution in [0.4, 0.5) is 0 Å². The van der Waals surface area contributed by atoms with Crippen molar-refractivity contribution in [3.05, 3.63) is 34.3 Å². The quantitative estimate of drug-likeness (QED) is 0.907. The van der Waals surface area contributed by atoms with E-state index in [0.29, 0.717) is 0 Å². The van der Waals surface area contributed by atoms with E-state index in [1.54, 1.807) is 0 Å². The lowest BCUT2D eigenvalue weighted by atomic mass is 10.2. The molecule has 0 saturated carbocycles. The van der Waals surface area contributed by atoms with Gasteiger partial charge in [-0.1, -0.05) is 34.5 Å². The molecule has 1 fully saturated rings. The Bertz CT molecular complexity index is 323. The smallest absolute Gasteiger partial charge is 0.0206 e. The first-order valence-corrected chi connectivity index (χ1v) is 7.75. The van der Waals surface area contributed by atoms with Gasteiger partial charge in [0.15, 0.2) is 0 Å². The van der Waals surface area contributed by atoms with Crippen LogP contribution < -0.4 is 5.32 Å². The van der Waals surface area contributed by atoms with Crippen LogP contribution in [0.15, 0.2) is 28.7 Å². The lowest BCUT2D eigenvalue weighted by Gasteiger charge is -2.21. The van der Waals surface area contributed by atoms with Crippen molar-refractivity contribution in [2.75, 3.05) is 12.3 Å². The van der Waals surface area contributed by atoms with Crippen molar-refractivity contribution in [3.8, 4) is 0 Å². The predicted molar refractivity (Wildman–Crippen MR) is 75.9 cm³/mol. The molecule has 1 aromatic carbocycles. The van der Waals surface area contributed by atoms with Gasteiger partial charge in [0.05, 0.1) is 0 Å². The van der Waals surface area contributed by atoms with Gasteiger partial charge in [0.2, 0.25) is 0 Å². The van der Waals surface area contributed by atoms with Crippen molar-refractivity contribution in [2.45, 2.75) is 31.1 Å². The number of halogens is 1. The number of benzene rings is 1. The SMILES string of the molecule is Brc1cccc(CNCC2CCCCS2)c1. The van der Waals surface area contributed by atoms with Crippen molar-refractivity contribution in [3.63, 3.8) is 0 Å². The van der Waals surface area contributed by atoms with Gasteiger partial charge in [-0.15, -0.1) is 0 Å². The average Bonchev–Trinajstić information content (AvgIpc) is 2.30. The summed E-state index contributed by atoms with van der Waals surface area (Å²) in [4.78, 5) is 0. The van der Waals surface area contributed by atoms with E-state index in [4.69, 9.17) is 0 Å². The maximum atomic E-state index is 3.56. The van der Waals surface area contributed by atoms with Crippen LogP contribution in [-0.4, -0.2) is 17.5 Å². The van der Waals surface area contributed by atoms with Gasteiger partial charge in [0.1, 0.15) is 0 Å². The third-order valence-corrected chi connectivity index (χ3v) is 4.76. The molecule has 1 N–H and O–H groups in total. The van der Waals surface area contributed by atoms with Crippen LogP contribution in [0, 0.1) is 0 Å². The molecule has 1 saturated heterocycles. The summed E-state index contributed by atoms with van der Waals surface area (Å²) in [5.41, 5.74) is 1.36. The molecule has 1 unspecified atom stereocenters. The molecule has 2 rings (SSSR count). The van der Waals surface area contributed by atoms with Gasteiger partial charge in [0, 0.05) is 22.8 Å². The Hall–Kier alpha value is 0.01000. The number of hydrogen-bond acceptors (Lipinski definition) is 2. The van der Waals surface area contributed by atoms with Crippen LogP contribution in [0.2, 0.25) is 0 Å². The molecule has 0 aromatic heterocycles. The van der Waals surface area contributed by atoms with E-state index >= 15 is 0 Å². The molecule has 1 aliphatic rings. The van der Waals surface area contributed by atoms with Gasteiger partial charge in [-0.25, -0.2) is 0 Å². The van der Waals surface area contributed by atoms with Gasteiger partial charge in [-0.3, -0.25) is 0 Å². The monoisotopic (exact) mass is 299 g/mol. The van der Waals surface area contributed by atoms with Crippen molar-refractivity contribution in [2.24, 2.45) is 0 Å². The van der Waals surface area contributed by atoms with Crippen LogP contribution in [0.1, 0.15) is 24.8 Å². The minimum absolute atomic E-state index is 0.834. The summed E-state index contributed by atoms with van der Waals surface area (Å²) in [6.45, 7) is 2.13. The van der Waals surface area contributed by atoms with Gasteiger partial charge >= 0.3 is 0 Å². The Morgan fingerprint density at radius 2 is 2.31 bits per heavy atom. The summed E-state index contributed by atoms with van der Waals surface area (Å²) in [7, 11) is 0. The third-order valence-electron chi connectivity index (χ3n) is 2.86. The summed E-state index contributed by atoms with van der Waals surface area (Å²) >= 11 is 5.63. The maximum Gasteiger partial charge on any atom is 0.0206 e. The second-order valence-corrected chi connectivity index (χ2v) is 6.57. The number of rotatable bonds is 4. The largest absolute Gasteiger partial charge is 0.312 e. The lowest BCUT2D eigenvalue weighted by Crippen LogP contribution is -2.26. The van der Waals surface area contributed by atoms with E-state index in [1.165, 1.54) is 35.1 Å². The van der Waals surface area contributed by atoms with Crippen LogP contribution >= 0.6 is 27.7 Å². The fourth-order valence-corrected chi connectivity index (χ4v) is 3.71. The van der Waals surface area contributed by atoms with Crippen LogP contribution in [0.3, 0.4) is 0 Å². The number of thioether (sulfide) groups is 1. The van der Waals surface area contributed by atoms with E-state index in [9.17, 15) is 0 Å². The molecule has 0 radical (unpaired) electrons. The van der Waals surface area contributed by atoms with Gasteiger partial charge in [-0.05, 0) is 36.3 Å². The van der Waals surface area contributed by atoms with Crippen molar-refractivity contribution in [1.82, 2.24) is 5.32 Å². The normalized spacial score (nSPS) is 20.9.